The van der Waals surface area contributed by atoms with Crippen LogP contribution in [0.25, 0.3) is 5.57 Å². The first-order valence-electron chi connectivity index (χ1n) is 10.2. The van der Waals surface area contributed by atoms with Crippen molar-refractivity contribution in [3.05, 3.63) is 75.8 Å². The van der Waals surface area contributed by atoms with Gasteiger partial charge in [0.2, 0.25) is 5.92 Å². The van der Waals surface area contributed by atoms with Crippen molar-refractivity contribution in [2.24, 2.45) is 0 Å². The second-order valence-corrected chi connectivity index (χ2v) is 10.0. The van der Waals surface area contributed by atoms with Crippen molar-refractivity contribution < 1.29 is 18.7 Å². The SMILES string of the molecule is C=C/C=C(\C=C/CC(C)(F)F)c1nc2c(s1)CN(Sc1cc(CC(=O)O)ccc1C)CC2. The van der Waals surface area contributed by atoms with E-state index in [2.05, 4.69) is 10.9 Å². The number of aromatic nitrogens is 1. The minimum Gasteiger partial charge on any atom is -0.481 e. The lowest BCUT2D eigenvalue weighted by Crippen LogP contribution is -2.23. The predicted octanol–water partition coefficient (Wildman–Crippen LogP) is 6.31. The third-order valence-corrected chi connectivity index (χ3v) is 7.19. The van der Waals surface area contributed by atoms with Gasteiger partial charge in [0.15, 0.2) is 0 Å². The standard InChI is InChI=1S/C24H26F2N2O2S2/c1-4-6-18(7-5-11-24(3,25)26)23-27-19-10-12-28(15-21(19)31-23)32-20-13-17(14-22(29)30)9-8-16(20)2/h4-9,13H,1,10-12,14-15H2,2-3H3,(H,29,30)/b7-5-,18-6+. The van der Waals surface area contributed by atoms with E-state index in [1.807, 2.05) is 25.1 Å². The number of fused-ring (bicyclic) bond motifs is 1. The molecule has 1 aromatic heterocycles. The maximum atomic E-state index is 13.1. The third-order valence-electron chi connectivity index (χ3n) is 4.85. The zero-order valence-corrected chi connectivity index (χ0v) is 19.7. The van der Waals surface area contributed by atoms with E-state index in [1.165, 1.54) is 6.08 Å². The number of nitrogens with zero attached hydrogens (tertiary/aromatic N) is 2. The third kappa shape index (κ3) is 6.85. The van der Waals surface area contributed by atoms with Gasteiger partial charge >= 0.3 is 5.97 Å². The number of aryl methyl sites for hydroxylation is 1. The van der Waals surface area contributed by atoms with E-state index in [0.717, 1.165) is 63.6 Å². The number of carbonyl (C=O) groups is 1. The number of rotatable bonds is 9. The first-order chi connectivity index (χ1) is 15.1. The molecule has 1 N–H and O–H groups in total. The van der Waals surface area contributed by atoms with Crippen molar-refractivity contribution in [2.45, 2.75) is 50.5 Å². The lowest BCUT2D eigenvalue weighted by Gasteiger charge is -2.25. The fourth-order valence-corrected chi connectivity index (χ4v) is 5.54. The van der Waals surface area contributed by atoms with Crippen molar-refractivity contribution in [1.29, 1.82) is 0 Å². The Labute approximate surface area is 195 Å². The largest absolute Gasteiger partial charge is 0.481 e. The fraction of sp³-hybridized carbons (Fsp3) is 0.333. The molecule has 8 heteroatoms. The van der Waals surface area contributed by atoms with Crippen LogP contribution in [0.3, 0.4) is 0 Å². The van der Waals surface area contributed by atoms with Crippen molar-refractivity contribution in [1.82, 2.24) is 9.29 Å². The number of carboxylic acid groups (broad SMARTS) is 1. The molecule has 0 fully saturated rings. The van der Waals surface area contributed by atoms with Crippen molar-refractivity contribution in [2.75, 3.05) is 6.54 Å². The van der Waals surface area contributed by atoms with Gasteiger partial charge in [0, 0.05) is 41.3 Å². The topological polar surface area (TPSA) is 53.4 Å². The fourth-order valence-electron chi connectivity index (χ4n) is 3.26. The van der Waals surface area contributed by atoms with Crippen LogP contribution >= 0.6 is 23.3 Å². The first-order valence-corrected chi connectivity index (χ1v) is 11.8. The molecule has 0 bridgehead atoms. The summed E-state index contributed by atoms with van der Waals surface area (Å²) in [5.74, 6) is -3.58. The summed E-state index contributed by atoms with van der Waals surface area (Å²) in [6, 6.07) is 5.76. The summed E-state index contributed by atoms with van der Waals surface area (Å²) in [6.45, 7) is 8.19. The van der Waals surface area contributed by atoms with Crippen molar-refractivity contribution >= 4 is 34.8 Å². The van der Waals surface area contributed by atoms with E-state index in [0.29, 0.717) is 0 Å². The average molecular weight is 477 g/mol. The molecule has 0 radical (unpaired) electrons. The maximum Gasteiger partial charge on any atom is 0.307 e. The summed E-state index contributed by atoms with van der Waals surface area (Å²) in [6.07, 6.45) is 7.07. The van der Waals surface area contributed by atoms with Gasteiger partial charge in [0.25, 0.3) is 0 Å². The van der Waals surface area contributed by atoms with Crippen LogP contribution in [0, 0.1) is 6.92 Å². The summed E-state index contributed by atoms with van der Waals surface area (Å²) in [4.78, 5) is 18.0. The van der Waals surface area contributed by atoms with Crippen LogP contribution in [-0.4, -0.2) is 32.8 Å². The number of halogens is 2. The number of thiazole rings is 1. The molecule has 0 unspecified atom stereocenters. The van der Waals surface area contributed by atoms with Gasteiger partial charge in [-0.15, -0.1) is 11.3 Å². The number of hydrogen-bond donors (Lipinski definition) is 1. The molecule has 2 aromatic rings. The molecule has 1 aliphatic rings. The quantitative estimate of drug-likeness (QED) is 0.339. The van der Waals surface area contributed by atoms with E-state index in [1.54, 1.807) is 41.5 Å². The zero-order chi connectivity index (χ0) is 23.3. The molecule has 1 aliphatic heterocycles. The summed E-state index contributed by atoms with van der Waals surface area (Å²) in [7, 11) is 0. The number of aliphatic carboxylic acids is 1. The van der Waals surface area contributed by atoms with Crippen LogP contribution in [0.5, 0.6) is 0 Å². The molecule has 1 aromatic carbocycles. The van der Waals surface area contributed by atoms with E-state index >= 15 is 0 Å². The molecule has 0 amide bonds. The molecule has 0 atom stereocenters. The number of alkyl halides is 2. The first kappa shape index (κ1) is 24.4. The van der Waals surface area contributed by atoms with Gasteiger partial charge in [-0.3, -0.25) is 4.79 Å². The summed E-state index contributed by atoms with van der Waals surface area (Å²) >= 11 is 3.20. The molecule has 2 heterocycles. The number of hydrogen-bond acceptors (Lipinski definition) is 5. The molecule has 0 saturated heterocycles. The Hall–Kier alpha value is -2.29. The number of allylic oxidation sites excluding steroid dienone is 5. The number of carboxylic acids is 1. The molecule has 32 heavy (non-hydrogen) atoms. The second-order valence-electron chi connectivity index (χ2n) is 7.80. The van der Waals surface area contributed by atoms with Crippen LogP contribution in [0.1, 0.15) is 40.1 Å². The highest BCUT2D eigenvalue weighted by Crippen LogP contribution is 2.35. The normalized spacial score (nSPS) is 15.2. The molecule has 0 spiro atoms. The van der Waals surface area contributed by atoms with E-state index in [9.17, 15) is 13.6 Å². The lowest BCUT2D eigenvalue weighted by atomic mass is 10.1. The van der Waals surface area contributed by atoms with Crippen LogP contribution in [0.4, 0.5) is 8.78 Å². The highest BCUT2D eigenvalue weighted by Gasteiger charge is 2.23. The van der Waals surface area contributed by atoms with E-state index in [-0.39, 0.29) is 12.8 Å². The smallest absolute Gasteiger partial charge is 0.307 e. The van der Waals surface area contributed by atoms with Gasteiger partial charge < -0.3 is 5.11 Å². The molecule has 3 rings (SSSR count). The minimum absolute atomic E-state index is 0.00604. The Bertz CT molecular complexity index is 1050. The Morgan fingerprint density at radius 3 is 2.91 bits per heavy atom. The van der Waals surface area contributed by atoms with Gasteiger partial charge in [-0.1, -0.05) is 43.0 Å². The van der Waals surface area contributed by atoms with Gasteiger partial charge in [-0.05, 0) is 43.0 Å². The van der Waals surface area contributed by atoms with E-state index in [4.69, 9.17) is 10.1 Å². The minimum atomic E-state index is -2.74. The van der Waals surface area contributed by atoms with Gasteiger partial charge in [-0.2, -0.15) is 0 Å². The molecule has 0 saturated carbocycles. The predicted molar refractivity (Wildman–Crippen MR) is 127 cm³/mol. The molecular weight excluding hydrogens is 450 g/mol. The van der Waals surface area contributed by atoms with Crippen LogP contribution in [0.2, 0.25) is 0 Å². The van der Waals surface area contributed by atoms with Crippen LogP contribution in [0.15, 0.2) is 54.0 Å². The zero-order valence-electron chi connectivity index (χ0n) is 18.1. The summed E-state index contributed by atoms with van der Waals surface area (Å²) in [5.41, 5.74) is 3.71. The Morgan fingerprint density at radius 2 is 2.22 bits per heavy atom. The van der Waals surface area contributed by atoms with Crippen molar-refractivity contribution in [3.63, 3.8) is 0 Å². The number of benzene rings is 1. The second kappa shape index (κ2) is 10.6. The highest BCUT2D eigenvalue weighted by molar-refractivity contribution is 7.97. The maximum absolute atomic E-state index is 13.1. The Kier molecular flexibility index (Phi) is 8.03. The van der Waals surface area contributed by atoms with Gasteiger partial charge in [0.1, 0.15) is 5.01 Å². The summed E-state index contributed by atoms with van der Waals surface area (Å²) < 4.78 is 28.5. The Balaban J connectivity index is 1.74. The summed E-state index contributed by atoms with van der Waals surface area (Å²) in [5, 5.41) is 9.86. The molecule has 0 aliphatic carbocycles. The van der Waals surface area contributed by atoms with E-state index < -0.39 is 11.9 Å². The average Bonchev–Trinajstić information content (AvgIpc) is 3.12. The van der Waals surface area contributed by atoms with Gasteiger partial charge in [0.05, 0.1) is 12.1 Å². The monoisotopic (exact) mass is 476 g/mol. The Morgan fingerprint density at radius 1 is 1.44 bits per heavy atom. The van der Waals surface area contributed by atoms with Crippen LogP contribution < -0.4 is 0 Å². The lowest BCUT2D eigenvalue weighted by molar-refractivity contribution is -0.136. The molecule has 170 valence electrons. The van der Waals surface area contributed by atoms with Gasteiger partial charge in [-0.25, -0.2) is 18.1 Å². The highest BCUT2D eigenvalue weighted by atomic mass is 32.2. The molecule has 4 nitrogen and oxygen atoms in total. The van der Waals surface area contributed by atoms with Crippen molar-refractivity contribution in [3.8, 4) is 0 Å². The molecular formula is C24H26F2N2O2S2. The van der Waals surface area contributed by atoms with Crippen LogP contribution in [-0.2, 0) is 24.2 Å².